The van der Waals surface area contributed by atoms with Gasteiger partial charge in [-0.05, 0) is 29.3 Å². The van der Waals surface area contributed by atoms with Crippen molar-refractivity contribution in [3.8, 4) is 5.75 Å². The van der Waals surface area contributed by atoms with Crippen molar-refractivity contribution in [2.75, 3.05) is 25.6 Å². The molecule has 2 aromatic rings. The van der Waals surface area contributed by atoms with Gasteiger partial charge in [-0.3, -0.25) is 10.1 Å². The maximum atomic E-state index is 11.3. The number of allylic oxidation sites excluding steroid dienone is 1. The van der Waals surface area contributed by atoms with Gasteiger partial charge in [-0.15, -0.1) is 0 Å². The highest BCUT2D eigenvalue weighted by molar-refractivity contribution is 5.70. The molecule has 0 bridgehead atoms. The van der Waals surface area contributed by atoms with Crippen LogP contribution in [0.1, 0.15) is 30.9 Å². The van der Waals surface area contributed by atoms with E-state index in [1.54, 1.807) is 7.11 Å². The van der Waals surface area contributed by atoms with Gasteiger partial charge in [0.2, 0.25) is 6.54 Å². The summed E-state index contributed by atoms with van der Waals surface area (Å²) in [6, 6.07) is 15.8. The number of hydrogen-bond acceptors (Lipinski definition) is 4. The van der Waals surface area contributed by atoms with E-state index in [0.29, 0.717) is 0 Å². The Balaban J connectivity index is 2.04. The van der Waals surface area contributed by atoms with E-state index in [1.165, 1.54) is 5.56 Å². The van der Waals surface area contributed by atoms with E-state index in [-0.39, 0.29) is 22.8 Å². The van der Waals surface area contributed by atoms with E-state index in [9.17, 15) is 10.1 Å². The van der Waals surface area contributed by atoms with Gasteiger partial charge in [-0.1, -0.05) is 50.3 Å². The van der Waals surface area contributed by atoms with Gasteiger partial charge in [0.15, 0.2) is 0 Å². The van der Waals surface area contributed by atoms with Gasteiger partial charge in [-0.2, -0.15) is 0 Å². The summed E-state index contributed by atoms with van der Waals surface area (Å²) < 4.78 is 5.20. The molecular formula is C21H24N2O3. The van der Waals surface area contributed by atoms with E-state index in [1.807, 2.05) is 49.5 Å². The van der Waals surface area contributed by atoms with Crippen molar-refractivity contribution in [1.29, 1.82) is 0 Å². The fraction of sp³-hybridized carbons (Fsp3) is 0.333. The Labute approximate surface area is 154 Å². The lowest BCUT2D eigenvalue weighted by atomic mass is 9.82. The number of nitro groups is 1. The molecule has 1 atom stereocenters. The second kappa shape index (κ2) is 6.83. The van der Waals surface area contributed by atoms with E-state index in [4.69, 9.17) is 4.74 Å². The standard InChI is InChI=1S/C21H24N2O3/c1-21(2)18-7-5-6-8-19(18)22(3)20(21)13-16(14-23(24)25)15-9-11-17(26-4)12-10-15/h5-13,16H,14H2,1-4H3/b20-13-/t16-/m0/s1. The fourth-order valence-corrected chi connectivity index (χ4v) is 3.76. The highest BCUT2D eigenvalue weighted by Crippen LogP contribution is 2.47. The van der Waals surface area contributed by atoms with Crippen LogP contribution >= 0.6 is 0 Å². The van der Waals surface area contributed by atoms with Crippen LogP contribution in [0.4, 0.5) is 5.69 Å². The van der Waals surface area contributed by atoms with Crippen molar-refractivity contribution >= 4 is 5.69 Å². The van der Waals surface area contributed by atoms with E-state index in [0.717, 1.165) is 22.7 Å². The van der Waals surface area contributed by atoms with Crippen LogP contribution in [0.2, 0.25) is 0 Å². The van der Waals surface area contributed by atoms with Crippen molar-refractivity contribution in [2.45, 2.75) is 25.2 Å². The predicted molar refractivity (Wildman–Crippen MR) is 104 cm³/mol. The third kappa shape index (κ3) is 3.17. The number of likely N-dealkylation sites (N-methyl/N-ethyl adjacent to an activating group) is 1. The average Bonchev–Trinajstić information content (AvgIpc) is 2.82. The van der Waals surface area contributed by atoms with E-state index < -0.39 is 0 Å². The van der Waals surface area contributed by atoms with E-state index >= 15 is 0 Å². The van der Waals surface area contributed by atoms with Gasteiger partial charge in [0.25, 0.3) is 0 Å². The Morgan fingerprint density at radius 2 is 1.85 bits per heavy atom. The molecule has 0 spiro atoms. The largest absolute Gasteiger partial charge is 0.497 e. The highest BCUT2D eigenvalue weighted by atomic mass is 16.6. The summed E-state index contributed by atoms with van der Waals surface area (Å²) in [6.07, 6.45) is 2.05. The molecule has 5 nitrogen and oxygen atoms in total. The van der Waals surface area contributed by atoms with Gasteiger partial charge in [0, 0.05) is 28.8 Å². The van der Waals surface area contributed by atoms with Crippen LogP contribution in [-0.4, -0.2) is 25.6 Å². The Morgan fingerprint density at radius 3 is 2.42 bits per heavy atom. The molecule has 0 saturated carbocycles. The Bertz CT molecular complexity index is 841. The molecule has 0 N–H and O–H groups in total. The first-order valence-corrected chi connectivity index (χ1v) is 8.66. The summed E-state index contributed by atoms with van der Waals surface area (Å²) in [5, 5.41) is 11.3. The number of para-hydroxylation sites is 1. The maximum Gasteiger partial charge on any atom is 0.214 e. The SMILES string of the molecule is COc1ccc([C@@H](/C=C2\N(C)c3ccccc3C2(C)C)C[N+](=O)[O-])cc1. The Kier molecular flexibility index (Phi) is 4.72. The van der Waals surface area contributed by atoms with Crippen molar-refractivity contribution < 1.29 is 9.66 Å². The fourth-order valence-electron chi connectivity index (χ4n) is 3.76. The van der Waals surface area contributed by atoms with Gasteiger partial charge < -0.3 is 9.64 Å². The van der Waals surface area contributed by atoms with Gasteiger partial charge in [0.1, 0.15) is 5.75 Å². The van der Waals surface area contributed by atoms with Crippen LogP contribution in [0.25, 0.3) is 0 Å². The molecule has 1 heterocycles. The normalized spacial score (nSPS) is 17.8. The predicted octanol–water partition coefficient (Wildman–Crippen LogP) is 4.37. The second-order valence-electron chi connectivity index (χ2n) is 7.15. The third-order valence-corrected chi connectivity index (χ3v) is 5.19. The van der Waals surface area contributed by atoms with E-state index in [2.05, 4.69) is 30.9 Å². The molecule has 26 heavy (non-hydrogen) atoms. The highest BCUT2D eigenvalue weighted by Gasteiger charge is 2.39. The molecule has 0 radical (unpaired) electrons. The minimum atomic E-state index is -0.304. The second-order valence-corrected chi connectivity index (χ2v) is 7.15. The third-order valence-electron chi connectivity index (χ3n) is 5.19. The summed E-state index contributed by atoms with van der Waals surface area (Å²) in [6.45, 7) is 4.19. The molecule has 3 rings (SSSR count). The minimum absolute atomic E-state index is 0.143. The smallest absolute Gasteiger partial charge is 0.214 e. The number of nitrogens with zero attached hydrogens (tertiary/aromatic N) is 2. The summed E-state index contributed by atoms with van der Waals surface area (Å²) in [5.74, 6) is 0.439. The molecule has 0 aliphatic carbocycles. The van der Waals surface area contributed by atoms with Crippen LogP contribution in [0.3, 0.4) is 0 Å². The quantitative estimate of drug-likeness (QED) is 0.592. The van der Waals surface area contributed by atoms with Gasteiger partial charge in [0.05, 0.1) is 13.0 Å². The molecule has 1 aliphatic heterocycles. The summed E-state index contributed by atoms with van der Waals surface area (Å²) in [4.78, 5) is 13.2. The molecule has 0 amide bonds. The number of anilines is 1. The molecule has 0 saturated heterocycles. The number of ether oxygens (including phenoxy) is 1. The minimum Gasteiger partial charge on any atom is -0.497 e. The summed E-state index contributed by atoms with van der Waals surface area (Å²) in [5.41, 5.74) is 4.19. The molecule has 0 fully saturated rings. The first-order valence-electron chi connectivity index (χ1n) is 8.66. The lowest BCUT2D eigenvalue weighted by Gasteiger charge is -2.26. The first-order chi connectivity index (χ1) is 12.3. The lowest BCUT2D eigenvalue weighted by Crippen LogP contribution is -2.25. The van der Waals surface area contributed by atoms with Crippen LogP contribution in [0.5, 0.6) is 5.75 Å². The zero-order chi connectivity index (χ0) is 18.9. The first kappa shape index (κ1) is 18.0. The molecule has 2 aromatic carbocycles. The van der Waals surface area contributed by atoms with Crippen molar-refractivity contribution in [3.05, 3.63) is 81.5 Å². The number of benzene rings is 2. The summed E-state index contributed by atoms with van der Waals surface area (Å²) >= 11 is 0. The lowest BCUT2D eigenvalue weighted by molar-refractivity contribution is -0.481. The number of fused-ring (bicyclic) bond motifs is 1. The summed E-state index contributed by atoms with van der Waals surface area (Å²) in [7, 11) is 3.63. The zero-order valence-corrected chi connectivity index (χ0v) is 15.6. The maximum absolute atomic E-state index is 11.3. The van der Waals surface area contributed by atoms with Crippen LogP contribution in [-0.2, 0) is 5.41 Å². The molecule has 0 unspecified atom stereocenters. The van der Waals surface area contributed by atoms with Crippen LogP contribution in [0, 0.1) is 10.1 Å². The molecule has 0 aromatic heterocycles. The van der Waals surface area contributed by atoms with Crippen molar-refractivity contribution in [1.82, 2.24) is 0 Å². The molecule has 136 valence electrons. The van der Waals surface area contributed by atoms with Gasteiger partial charge >= 0.3 is 0 Å². The number of hydrogen-bond donors (Lipinski definition) is 0. The zero-order valence-electron chi connectivity index (χ0n) is 15.6. The van der Waals surface area contributed by atoms with Crippen molar-refractivity contribution in [2.24, 2.45) is 0 Å². The molecular weight excluding hydrogens is 328 g/mol. The van der Waals surface area contributed by atoms with Crippen molar-refractivity contribution in [3.63, 3.8) is 0 Å². The Morgan fingerprint density at radius 1 is 1.19 bits per heavy atom. The average molecular weight is 352 g/mol. The number of rotatable bonds is 5. The monoisotopic (exact) mass is 352 g/mol. The topological polar surface area (TPSA) is 55.6 Å². The van der Waals surface area contributed by atoms with Gasteiger partial charge in [-0.25, -0.2) is 0 Å². The number of methoxy groups -OCH3 is 1. The molecule has 5 heteroatoms. The van der Waals surface area contributed by atoms with Crippen LogP contribution < -0.4 is 9.64 Å². The van der Waals surface area contributed by atoms with Crippen LogP contribution in [0.15, 0.2) is 60.3 Å². The Hall–Kier alpha value is -2.82. The molecule has 1 aliphatic rings.